The maximum Gasteiger partial charge on any atom is 0.335 e. The molecule has 0 unspecified atom stereocenters. The van der Waals surface area contributed by atoms with Crippen molar-refractivity contribution in [3.8, 4) is 0 Å². The van der Waals surface area contributed by atoms with E-state index >= 15 is 0 Å². The lowest BCUT2D eigenvalue weighted by molar-refractivity contribution is -0.114. The summed E-state index contributed by atoms with van der Waals surface area (Å²) in [4.78, 5) is 21.5. The Kier molecular flexibility index (Phi) is 3.67. The van der Waals surface area contributed by atoms with Gasteiger partial charge in [0, 0.05) is 0 Å². The minimum atomic E-state index is -3.76. The summed E-state index contributed by atoms with van der Waals surface area (Å²) < 4.78 is 23.6. The molecule has 0 aliphatic heterocycles. The van der Waals surface area contributed by atoms with Crippen molar-refractivity contribution in [2.75, 3.05) is 5.75 Å². The van der Waals surface area contributed by atoms with Gasteiger partial charge in [-0.3, -0.25) is 4.79 Å². The summed E-state index contributed by atoms with van der Waals surface area (Å²) in [5, 5.41) is 8.79. The van der Waals surface area contributed by atoms with Crippen molar-refractivity contribution >= 4 is 21.6 Å². The Labute approximate surface area is 99.0 Å². The quantitative estimate of drug-likeness (QED) is 0.870. The molecule has 0 radical (unpaired) electrons. The zero-order valence-electron chi connectivity index (χ0n) is 9.43. The van der Waals surface area contributed by atoms with E-state index in [1.54, 1.807) is 6.92 Å². The van der Waals surface area contributed by atoms with Crippen LogP contribution in [0.25, 0.3) is 0 Å². The Morgan fingerprint density at radius 3 is 2.35 bits per heavy atom. The first-order valence-corrected chi connectivity index (χ1v) is 6.45. The molecule has 0 amide bonds. The van der Waals surface area contributed by atoms with Crippen molar-refractivity contribution in [1.29, 1.82) is 0 Å². The van der Waals surface area contributed by atoms with Gasteiger partial charge in [-0.2, -0.15) is 0 Å². The van der Waals surface area contributed by atoms with Crippen LogP contribution in [0.5, 0.6) is 0 Å². The van der Waals surface area contributed by atoms with Crippen molar-refractivity contribution < 1.29 is 23.1 Å². The first kappa shape index (κ1) is 13.4. The predicted molar refractivity (Wildman–Crippen MR) is 60.9 cm³/mol. The number of aromatic carboxylic acids is 1. The number of hydrogen-bond acceptors (Lipinski definition) is 4. The van der Waals surface area contributed by atoms with E-state index in [9.17, 15) is 18.0 Å². The zero-order valence-corrected chi connectivity index (χ0v) is 10.2. The first-order valence-electron chi connectivity index (χ1n) is 4.80. The van der Waals surface area contributed by atoms with Crippen LogP contribution in [-0.2, 0) is 14.6 Å². The summed E-state index contributed by atoms with van der Waals surface area (Å²) in [6.07, 6.45) is 0. The van der Waals surface area contributed by atoms with Crippen LogP contribution < -0.4 is 0 Å². The number of rotatable bonds is 4. The van der Waals surface area contributed by atoms with Crippen LogP contribution in [0.3, 0.4) is 0 Å². The van der Waals surface area contributed by atoms with Gasteiger partial charge in [0.2, 0.25) is 0 Å². The molecule has 0 heterocycles. The summed E-state index contributed by atoms with van der Waals surface area (Å²) in [6, 6.07) is 3.82. The lowest BCUT2D eigenvalue weighted by Gasteiger charge is -2.07. The van der Waals surface area contributed by atoms with Gasteiger partial charge in [-0.25, -0.2) is 13.2 Å². The first-order chi connectivity index (χ1) is 7.74. The van der Waals surface area contributed by atoms with Gasteiger partial charge >= 0.3 is 5.97 Å². The van der Waals surface area contributed by atoms with Gasteiger partial charge in [-0.1, -0.05) is 6.07 Å². The number of hydrogen-bond donors (Lipinski definition) is 1. The lowest BCUT2D eigenvalue weighted by Crippen LogP contribution is -2.15. The molecule has 0 saturated carbocycles. The fourth-order valence-corrected chi connectivity index (χ4v) is 2.97. The highest BCUT2D eigenvalue weighted by Crippen LogP contribution is 2.18. The molecule has 0 aromatic heterocycles. The standard InChI is InChI=1S/C11H12O5S/c1-7-3-4-9(11(13)14)5-10(7)17(15,16)6-8(2)12/h3-5H,6H2,1-2H3,(H,13,14). The number of carboxylic acid groups (broad SMARTS) is 1. The van der Waals surface area contributed by atoms with Crippen LogP contribution in [0.1, 0.15) is 22.8 Å². The van der Waals surface area contributed by atoms with E-state index in [4.69, 9.17) is 5.11 Å². The normalized spacial score (nSPS) is 11.2. The summed E-state index contributed by atoms with van der Waals surface area (Å²) in [5.41, 5.74) is 0.314. The average molecular weight is 256 g/mol. The van der Waals surface area contributed by atoms with Crippen molar-refractivity contribution in [2.24, 2.45) is 0 Å². The van der Waals surface area contributed by atoms with Crippen molar-refractivity contribution in [2.45, 2.75) is 18.7 Å². The fourth-order valence-electron chi connectivity index (χ4n) is 1.41. The van der Waals surface area contributed by atoms with Crippen molar-refractivity contribution in [1.82, 2.24) is 0 Å². The van der Waals surface area contributed by atoms with Crippen LogP contribution in [0.2, 0.25) is 0 Å². The number of carboxylic acids is 1. The Morgan fingerprint density at radius 1 is 1.29 bits per heavy atom. The van der Waals surface area contributed by atoms with Gasteiger partial charge in [-0.05, 0) is 31.5 Å². The smallest absolute Gasteiger partial charge is 0.335 e. The molecule has 0 bridgehead atoms. The Balaban J connectivity index is 3.35. The van der Waals surface area contributed by atoms with Gasteiger partial charge in [0.1, 0.15) is 11.5 Å². The SMILES string of the molecule is CC(=O)CS(=O)(=O)c1cc(C(=O)O)ccc1C. The monoisotopic (exact) mass is 256 g/mol. The van der Waals surface area contributed by atoms with Gasteiger partial charge in [0.25, 0.3) is 0 Å². The van der Waals surface area contributed by atoms with Gasteiger partial charge in [0.05, 0.1) is 10.5 Å². The molecule has 0 saturated heterocycles. The molecule has 5 nitrogen and oxygen atoms in total. The molecule has 0 aliphatic rings. The largest absolute Gasteiger partial charge is 0.478 e. The maximum absolute atomic E-state index is 11.8. The third kappa shape index (κ3) is 3.13. The predicted octanol–water partition coefficient (Wildman–Crippen LogP) is 1.06. The Bertz CT molecular complexity index is 572. The van der Waals surface area contributed by atoms with E-state index in [0.29, 0.717) is 5.56 Å². The van der Waals surface area contributed by atoms with Gasteiger partial charge in [0.15, 0.2) is 9.84 Å². The average Bonchev–Trinajstić information content (AvgIpc) is 2.15. The van der Waals surface area contributed by atoms with Crippen LogP contribution in [0.15, 0.2) is 23.1 Å². The summed E-state index contributed by atoms with van der Waals surface area (Å²) >= 11 is 0. The number of ketones is 1. The minimum absolute atomic E-state index is 0.104. The van der Waals surface area contributed by atoms with Crippen LogP contribution in [-0.4, -0.2) is 31.0 Å². The Hall–Kier alpha value is -1.69. The van der Waals surface area contributed by atoms with E-state index in [2.05, 4.69) is 0 Å². The van der Waals surface area contributed by atoms with Crippen molar-refractivity contribution in [3.63, 3.8) is 0 Å². The zero-order chi connectivity index (χ0) is 13.2. The highest BCUT2D eigenvalue weighted by Gasteiger charge is 2.20. The number of benzene rings is 1. The van der Waals surface area contributed by atoms with E-state index in [0.717, 1.165) is 6.07 Å². The second kappa shape index (κ2) is 4.67. The molecule has 17 heavy (non-hydrogen) atoms. The number of sulfone groups is 1. The minimum Gasteiger partial charge on any atom is -0.478 e. The van der Waals surface area contributed by atoms with E-state index in [1.807, 2.05) is 0 Å². The third-order valence-corrected chi connectivity index (χ3v) is 4.06. The second-order valence-corrected chi connectivity index (χ2v) is 5.70. The van der Waals surface area contributed by atoms with Crippen molar-refractivity contribution in [3.05, 3.63) is 29.3 Å². The maximum atomic E-state index is 11.8. The Morgan fingerprint density at radius 2 is 1.88 bits per heavy atom. The summed E-state index contributed by atoms with van der Waals surface area (Å²) in [7, 11) is -3.76. The van der Waals surface area contributed by atoms with E-state index in [-0.39, 0.29) is 10.5 Å². The number of carbonyl (C=O) groups is 2. The second-order valence-electron chi connectivity index (χ2n) is 3.75. The highest BCUT2D eigenvalue weighted by atomic mass is 32.2. The molecule has 1 aromatic carbocycles. The third-order valence-electron chi connectivity index (χ3n) is 2.16. The molecule has 0 aliphatic carbocycles. The molecule has 6 heteroatoms. The molecule has 92 valence electrons. The fraction of sp³-hybridized carbons (Fsp3) is 0.273. The number of carbonyl (C=O) groups excluding carboxylic acids is 1. The summed E-state index contributed by atoms with van der Waals surface area (Å²) in [6.45, 7) is 2.73. The molecule has 0 atom stereocenters. The highest BCUT2D eigenvalue weighted by molar-refractivity contribution is 7.92. The van der Waals surface area contributed by atoms with Gasteiger partial charge < -0.3 is 5.11 Å². The molecule has 1 rings (SSSR count). The molecule has 0 fully saturated rings. The lowest BCUT2D eigenvalue weighted by atomic mass is 10.1. The number of Topliss-reactive ketones (excluding diaryl/α,β-unsaturated/α-hetero) is 1. The van der Waals surface area contributed by atoms with E-state index in [1.165, 1.54) is 19.1 Å². The van der Waals surface area contributed by atoms with Gasteiger partial charge in [-0.15, -0.1) is 0 Å². The summed E-state index contributed by atoms with van der Waals surface area (Å²) in [5.74, 6) is -2.30. The van der Waals surface area contributed by atoms with Crippen LogP contribution in [0, 0.1) is 6.92 Å². The van der Waals surface area contributed by atoms with Crippen LogP contribution in [0.4, 0.5) is 0 Å². The number of aryl methyl sites for hydroxylation is 1. The molecule has 0 spiro atoms. The molecular weight excluding hydrogens is 244 g/mol. The molecular formula is C11H12O5S. The molecule has 1 aromatic rings. The molecule has 1 N–H and O–H groups in total. The topological polar surface area (TPSA) is 88.5 Å². The van der Waals surface area contributed by atoms with E-state index < -0.39 is 27.3 Å². The van der Waals surface area contributed by atoms with Crippen LogP contribution >= 0.6 is 0 Å².